The number of nitrogens with zero attached hydrogens (tertiary/aromatic N) is 1. The first kappa shape index (κ1) is 12.8. The lowest BCUT2D eigenvalue weighted by molar-refractivity contribution is 0.104. The number of rotatable bonds is 6. The summed E-state index contributed by atoms with van der Waals surface area (Å²) in [6.07, 6.45) is -1.41. The average Bonchev–Trinajstić information content (AvgIpc) is 3.18. The van der Waals surface area contributed by atoms with Crippen LogP contribution in [0.2, 0.25) is 0 Å². The Bertz CT molecular complexity index is 452. The molecule has 94 valence electrons. The predicted octanol–water partition coefficient (Wildman–Crippen LogP) is 1.41. The maximum absolute atomic E-state index is 9.64. The minimum atomic E-state index is -0.916. The fraction of sp³-hybridized carbons (Fsp3) is 0.357. The molecule has 1 aliphatic rings. The zero-order valence-electron chi connectivity index (χ0n) is 9.95. The number of hydrogen-bond acceptors (Lipinski definition) is 4. The molecule has 0 unspecified atom stereocenters. The molecule has 1 saturated heterocycles. The van der Waals surface area contributed by atoms with Crippen LogP contribution in [0.15, 0.2) is 42.5 Å². The van der Waals surface area contributed by atoms with Crippen molar-refractivity contribution in [1.29, 1.82) is 5.26 Å². The molecule has 1 fully saturated rings. The van der Waals surface area contributed by atoms with E-state index >= 15 is 0 Å². The van der Waals surface area contributed by atoms with E-state index in [2.05, 4.69) is 6.58 Å². The van der Waals surface area contributed by atoms with Crippen molar-refractivity contribution in [3.05, 3.63) is 48.0 Å². The highest BCUT2D eigenvalue weighted by molar-refractivity contribution is 5.24. The van der Waals surface area contributed by atoms with Crippen LogP contribution in [0.3, 0.4) is 0 Å². The fourth-order valence-corrected chi connectivity index (χ4v) is 1.70. The van der Waals surface area contributed by atoms with Crippen LogP contribution in [0, 0.1) is 11.3 Å². The van der Waals surface area contributed by atoms with E-state index in [-0.39, 0.29) is 17.8 Å². The van der Waals surface area contributed by atoms with E-state index in [4.69, 9.17) is 14.7 Å². The molecule has 0 aromatic heterocycles. The molecule has 1 aliphatic heterocycles. The molecule has 0 aliphatic carbocycles. The molecular weight excluding hydrogens is 230 g/mol. The van der Waals surface area contributed by atoms with Gasteiger partial charge in [0.25, 0.3) is 0 Å². The van der Waals surface area contributed by atoms with E-state index in [1.165, 1.54) is 0 Å². The van der Waals surface area contributed by atoms with Gasteiger partial charge in [-0.1, -0.05) is 36.9 Å². The highest BCUT2D eigenvalue weighted by atomic mass is 16.6. The third-order valence-corrected chi connectivity index (χ3v) is 2.83. The molecule has 0 spiro atoms. The third kappa shape index (κ3) is 3.17. The van der Waals surface area contributed by atoms with Gasteiger partial charge in [0, 0.05) is 0 Å². The summed E-state index contributed by atoms with van der Waals surface area (Å²) in [7, 11) is 0. The highest BCUT2D eigenvalue weighted by Gasteiger charge is 2.45. The summed E-state index contributed by atoms with van der Waals surface area (Å²) in [5, 5.41) is 18.2. The van der Waals surface area contributed by atoms with Gasteiger partial charge in [-0.3, -0.25) is 0 Å². The second-order valence-electron chi connectivity index (χ2n) is 4.22. The van der Waals surface area contributed by atoms with Gasteiger partial charge in [0.15, 0.2) is 0 Å². The predicted molar refractivity (Wildman–Crippen MR) is 65.5 cm³/mol. The van der Waals surface area contributed by atoms with E-state index in [1.807, 2.05) is 36.4 Å². The molecule has 4 heteroatoms. The number of aliphatic hydroxyl groups excluding tert-OH is 1. The number of nitriles is 1. The number of hydrogen-bond donors (Lipinski definition) is 1. The highest BCUT2D eigenvalue weighted by Crippen LogP contribution is 2.28. The van der Waals surface area contributed by atoms with Gasteiger partial charge in [0.05, 0.1) is 24.9 Å². The van der Waals surface area contributed by atoms with Gasteiger partial charge in [0.1, 0.15) is 18.3 Å². The van der Waals surface area contributed by atoms with Crippen molar-refractivity contribution in [2.45, 2.75) is 24.9 Å². The summed E-state index contributed by atoms with van der Waals surface area (Å²) in [5.41, 5.74) is 1.22. The van der Waals surface area contributed by atoms with Crippen LogP contribution in [-0.2, 0) is 16.1 Å². The molecule has 0 radical (unpaired) electrons. The van der Waals surface area contributed by atoms with Crippen molar-refractivity contribution in [3.63, 3.8) is 0 Å². The minimum Gasteiger partial charge on any atom is -0.385 e. The van der Waals surface area contributed by atoms with Crippen LogP contribution >= 0.6 is 0 Å². The van der Waals surface area contributed by atoms with Gasteiger partial charge in [-0.15, -0.1) is 0 Å². The summed E-state index contributed by atoms with van der Waals surface area (Å²) in [6.45, 7) is 4.39. The zero-order valence-corrected chi connectivity index (χ0v) is 9.95. The molecule has 0 amide bonds. The van der Waals surface area contributed by atoms with Crippen LogP contribution < -0.4 is 0 Å². The van der Waals surface area contributed by atoms with Crippen LogP contribution in [0.1, 0.15) is 5.56 Å². The third-order valence-electron chi connectivity index (χ3n) is 2.83. The lowest BCUT2D eigenvalue weighted by Crippen LogP contribution is -2.20. The second-order valence-corrected chi connectivity index (χ2v) is 4.22. The fourth-order valence-electron chi connectivity index (χ4n) is 1.70. The molecule has 2 rings (SSSR count). The molecular formula is C14H15NO3. The lowest BCUT2D eigenvalue weighted by atomic mass is 10.1. The zero-order chi connectivity index (χ0) is 13.0. The van der Waals surface area contributed by atoms with Crippen LogP contribution in [0.25, 0.3) is 0 Å². The van der Waals surface area contributed by atoms with E-state index in [9.17, 15) is 5.11 Å². The van der Waals surface area contributed by atoms with Gasteiger partial charge >= 0.3 is 0 Å². The van der Waals surface area contributed by atoms with Crippen molar-refractivity contribution in [2.24, 2.45) is 0 Å². The second kappa shape index (κ2) is 5.78. The van der Waals surface area contributed by atoms with E-state index in [0.717, 1.165) is 5.56 Å². The van der Waals surface area contributed by atoms with Crippen LogP contribution in [0.4, 0.5) is 0 Å². The average molecular weight is 245 g/mol. The molecule has 3 atom stereocenters. The number of benzene rings is 1. The maximum Gasteiger partial charge on any atom is 0.117 e. The van der Waals surface area contributed by atoms with Gasteiger partial charge in [-0.05, 0) is 5.56 Å². The molecule has 18 heavy (non-hydrogen) atoms. The Morgan fingerprint density at radius 3 is 2.89 bits per heavy atom. The SMILES string of the molecule is C=C(C#N)[C@@H](O)[C@@H]1O[C@@H]1COCc1ccccc1. The molecule has 0 saturated carbocycles. The van der Waals surface area contributed by atoms with Gasteiger partial charge in [0.2, 0.25) is 0 Å². The largest absolute Gasteiger partial charge is 0.385 e. The molecule has 1 heterocycles. The first-order valence-electron chi connectivity index (χ1n) is 5.76. The quantitative estimate of drug-likeness (QED) is 0.608. The topological polar surface area (TPSA) is 65.8 Å². The van der Waals surface area contributed by atoms with Crippen molar-refractivity contribution in [3.8, 4) is 6.07 Å². The maximum atomic E-state index is 9.64. The smallest absolute Gasteiger partial charge is 0.117 e. The summed E-state index contributed by atoms with van der Waals surface area (Å²) in [6, 6.07) is 11.7. The Morgan fingerprint density at radius 1 is 1.50 bits per heavy atom. The van der Waals surface area contributed by atoms with Gasteiger partial charge < -0.3 is 14.6 Å². The normalized spacial score (nSPS) is 23.1. The van der Waals surface area contributed by atoms with Crippen LogP contribution in [-0.4, -0.2) is 30.0 Å². The van der Waals surface area contributed by atoms with E-state index < -0.39 is 6.10 Å². The first-order chi connectivity index (χ1) is 8.72. The Hall–Kier alpha value is -1.67. The lowest BCUT2D eigenvalue weighted by Gasteiger charge is -2.04. The van der Waals surface area contributed by atoms with Gasteiger partial charge in [-0.25, -0.2) is 0 Å². The number of ether oxygens (including phenoxy) is 2. The Kier molecular flexibility index (Phi) is 4.11. The monoisotopic (exact) mass is 245 g/mol. The molecule has 1 aromatic carbocycles. The number of epoxide rings is 1. The molecule has 0 bridgehead atoms. The van der Waals surface area contributed by atoms with Crippen molar-refractivity contribution in [1.82, 2.24) is 0 Å². The standard InChI is InChI=1S/C14H15NO3/c1-10(7-15)13(16)14-12(18-14)9-17-8-11-5-3-2-4-6-11/h2-6,12-14,16H,1,8-9H2/t12-,13-,14-/m1/s1. The Labute approximate surface area is 106 Å². The Balaban J connectivity index is 1.69. The summed E-state index contributed by atoms with van der Waals surface area (Å²) < 4.78 is 10.7. The minimum absolute atomic E-state index is 0.130. The first-order valence-corrected chi connectivity index (χ1v) is 5.76. The van der Waals surface area contributed by atoms with Crippen molar-refractivity contribution in [2.75, 3.05) is 6.61 Å². The molecule has 4 nitrogen and oxygen atoms in total. The summed E-state index contributed by atoms with van der Waals surface area (Å²) in [4.78, 5) is 0. The summed E-state index contributed by atoms with van der Waals surface area (Å²) in [5.74, 6) is 0. The number of aliphatic hydroxyl groups is 1. The van der Waals surface area contributed by atoms with Crippen LogP contribution in [0.5, 0.6) is 0 Å². The van der Waals surface area contributed by atoms with Crippen molar-refractivity contribution < 1.29 is 14.6 Å². The molecule has 1 aromatic rings. The van der Waals surface area contributed by atoms with E-state index in [0.29, 0.717) is 13.2 Å². The molecule has 1 N–H and O–H groups in total. The van der Waals surface area contributed by atoms with E-state index in [1.54, 1.807) is 0 Å². The van der Waals surface area contributed by atoms with Gasteiger partial charge in [-0.2, -0.15) is 5.26 Å². The summed E-state index contributed by atoms with van der Waals surface area (Å²) >= 11 is 0. The van der Waals surface area contributed by atoms with Crippen molar-refractivity contribution >= 4 is 0 Å². The Morgan fingerprint density at radius 2 is 2.22 bits per heavy atom.